The van der Waals surface area contributed by atoms with Gasteiger partial charge in [-0.05, 0) is 110 Å². The van der Waals surface area contributed by atoms with E-state index in [9.17, 15) is 14.7 Å². The van der Waals surface area contributed by atoms with Crippen LogP contribution in [0, 0.1) is 56.7 Å². The minimum Gasteiger partial charge on any atom is -0.515 e. The lowest BCUT2D eigenvalue weighted by Gasteiger charge is -2.70. The quantitative estimate of drug-likeness (QED) is 0.135. The van der Waals surface area contributed by atoms with Crippen LogP contribution in [-0.2, 0) is 14.3 Å². The lowest BCUT2D eigenvalue weighted by atomic mass is 9.33. The minimum absolute atomic E-state index is 0.0854. The van der Waals surface area contributed by atoms with Gasteiger partial charge in [0.1, 0.15) is 5.41 Å². The van der Waals surface area contributed by atoms with E-state index in [1.54, 1.807) is 12.5 Å². The van der Waals surface area contributed by atoms with Crippen molar-refractivity contribution in [3.05, 3.63) is 23.5 Å². The van der Waals surface area contributed by atoms with E-state index in [0.29, 0.717) is 35.2 Å². The number of hydrogen-bond donors (Lipinski definition) is 1. The number of carbonyl (C=O) groups is 2. The van der Waals surface area contributed by atoms with Crippen molar-refractivity contribution < 1.29 is 19.4 Å². The van der Waals surface area contributed by atoms with Crippen molar-refractivity contribution in [1.82, 2.24) is 0 Å². The third-order valence-corrected chi connectivity index (χ3v) is 13.5. The molecule has 200 valence electrons. The first-order chi connectivity index (χ1) is 16.7. The van der Waals surface area contributed by atoms with Crippen molar-refractivity contribution in [2.45, 2.75) is 99.8 Å². The predicted octanol–water partition coefficient (Wildman–Crippen LogP) is 7.44. The maximum Gasteiger partial charge on any atom is 0.319 e. The van der Waals surface area contributed by atoms with Crippen molar-refractivity contribution in [2.24, 2.45) is 56.7 Å². The lowest BCUT2D eigenvalue weighted by molar-refractivity contribution is -0.193. The summed E-state index contributed by atoms with van der Waals surface area (Å²) in [5, 5.41) is 10.1. The van der Waals surface area contributed by atoms with E-state index in [1.165, 1.54) is 32.8 Å². The number of rotatable bonds is 1. The van der Waals surface area contributed by atoms with E-state index >= 15 is 0 Å². The Bertz CT molecular complexity index is 1040. The molecule has 4 fully saturated rings. The molecule has 0 aromatic heterocycles. The first-order valence-corrected chi connectivity index (χ1v) is 14.4. The predicted molar refractivity (Wildman–Crippen MR) is 142 cm³/mol. The van der Waals surface area contributed by atoms with Crippen molar-refractivity contribution >= 4 is 11.8 Å². The number of ketones is 1. The molecule has 0 radical (unpaired) electrons. The molecule has 0 spiro atoms. The van der Waals surface area contributed by atoms with Crippen molar-refractivity contribution in [3.8, 4) is 0 Å². The maximum absolute atomic E-state index is 13.5. The van der Waals surface area contributed by atoms with Gasteiger partial charge >= 0.3 is 5.97 Å². The van der Waals surface area contributed by atoms with Crippen LogP contribution in [0.5, 0.6) is 0 Å². The van der Waals surface area contributed by atoms with Gasteiger partial charge in [0.2, 0.25) is 0 Å². The van der Waals surface area contributed by atoms with Gasteiger partial charge in [0.05, 0.1) is 13.4 Å². The first kappa shape index (κ1) is 26.0. The number of aliphatic hydroxyl groups excluding tert-OH is 1. The van der Waals surface area contributed by atoms with E-state index in [1.807, 2.05) is 0 Å². The molecule has 4 heteroatoms. The Labute approximate surface area is 218 Å². The molecule has 4 nitrogen and oxygen atoms in total. The Morgan fingerprint density at radius 3 is 2.36 bits per heavy atom. The summed E-state index contributed by atoms with van der Waals surface area (Å²) in [5.41, 5.74) is 1.19. The second-order valence-electron chi connectivity index (χ2n) is 14.7. The molecule has 0 aromatic rings. The second kappa shape index (κ2) is 7.96. The largest absolute Gasteiger partial charge is 0.515 e. The first-order valence-electron chi connectivity index (χ1n) is 14.4. The zero-order valence-corrected chi connectivity index (χ0v) is 23.9. The summed E-state index contributed by atoms with van der Waals surface area (Å²) in [6.45, 7) is 16.7. The average molecular weight is 497 g/mol. The Morgan fingerprint density at radius 1 is 1.03 bits per heavy atom. The summed E-state index contributed by atoms with van der Waals surface area (Å²) in [6, 6.07) is 0. The van der Waals surface area contributed by atoms with Crippen molar-refractivity contribution in [2.75, 3.05) is 7.11 Å². The zero-order valence-electron chi connectivity index (χ0n) is 23.9. The van der Waals surface area contributed by atoms with Crippen LogP contribution < -0.4 is 0 Å². The number of allylic oxidation sites excluding steroid dienone is 3. The highest BCUT2D eigenvalue weighted by molar-refractivity contribution is 6.13. The Hall–Kier alpha value is -1.58. The van der Waals surface area contributed by atoms with E-state index in [4.69, 9.17) is 4.74 Å². The second-order valence-corrected chi connectivity index (χ2v) is 14.7. The summed E-state index contributed by atoms with van der Waals surface area (Å²) in [6.07, 6.45) is 12.2. The van der Waals surface area contributed by atoms with Crippen LogP contribution in [0.15, 0.2) is 23.5 Å². The highest BCUT2D eigenvalue weighted by Gasteiger charge is 2.70. The van der Waals surface area contributed by atoms with Gasteiger partial charge in [0.15, 0.2) is 5.78 Å². The minimum atomic E-state index is -1.25. The number of methoxy groups -OCH3 is 1. The molecule has 10 atom stereocenters. The highest BCUT2D eigenvalue weighted by Crippen LogP contribution is 2.75. The van der Waals surface area contributed by atoms with Crippen LogP contribution in [-0.4, -0.2) is 24.0 Å². The SMILES string of the molecule is COC(=O)[C@@]1(C)C(=O)/C(=C\O)C[C@]2(C)[C@H]3CC=C4[C@@H]5[C@@H](C)[C@H](C)CC[C@]5(C)CC[C@@]4(C)[C@]3(C)CC[C@@H]12. The highest BCUT2D eigenvalue weighted by atomic mass is 16.5. The topological polar surface area (TPSA) is 63.6 Å². The molecule has 0 aromatic carbocycles. The summed E-state index contributed by atoms with van der Waals surface area (Å²) in [4.78, 5) is 26.7. The molecular weight excluding hydrogens is 448 g/mol. The molecule has 0 bridgehead atoms. The molecule has 0 unspecified atom stereocenters. The average Bonchev–Trinajstić information content (AvgIpc) is 2.84. The molecule has 0 saturated heterocycles. The van der Waals surface area contributed by atoms with E-state index in [0.717, 1.165) is 31.4 Å². The molecule has 0 aliphatic heterocycles. The molecule has 1 N–H and O–H groups in total. The fraction of sp³-hybridized carbons (Fsp3) is 0.812. The fourth-order valence-corrected chi connectivity index (χ4v) is 11.0. The van der Waals surface area contributed by atoms with Gasteiger partial charge in [-0.15, -0.1) is 0 Å². The van der Waals surface area contributed by atoms with Crippen LogP contribution in [0.2, 0.25) is 0 Å². The zero-order chi connectivity index (χ0) is 26.5. The van der Waals surface area contributed by atoms with Gasteiger partial charge in [-0.25, -0.2) is 0 Å². The van der Waals surface area contributed by atoms with Crippen LogP contribution in [0.3, 0.4) is 0 Å². The van der Waals surface area contributed by atoms with Crippen molar-refractivity contribution in [1.29, 1.82) is 0 Å². The number of esters is 1. The number of aliphatic hydroxyl groups is 1. The Morgan fingerprint density at radius 2 is 1.72 bits per heavy atom. The summed E-state index contributed by atoms with van der Waals surface area (Å²) in [7, 11) is 1.38. The summed E-state index contributed by atoms with van der Waals surface area (Å²) >= 11 is 0. The molecule has 5 aliphatic rings. The van der Waals surface area contributed by atoms with E-state index in [2.05, 4.69) is 47.6 Å². The smallest absolute Gasteiger partial charge is 0.319 e. The monoisotopic (exact) mass is 496 g/mol. The molecule has 0 amide bonds. The van der Waals surface area contributed by atoms with Gasteiger partial charge in [0, 0.05) is 5.57 Å². The van der Waals surface area contributed by atoms with Crippen LogP contribution in [0.25, 0.3) is 0 Å². The summed E-state index contributed by atoms with van der Waals surface area (Å²) < 4.78 is 5.23. The van der Waals surface area contributed by atoms with Gasteiger partial charge in [0.25, 0.3) is 0 Å². The number of ether oxygens (including phenoxy) is 1. The third-order valence-electron chi connectivity index (χ3n) is 13.5. The molecule has 0 heterocycles. The molecule has 36 heavy (non-hydrogen) atoms. The maximum atomic E-state index is 13.5. The molecule has 5 rings (SSSR count). The fourth-order valence-electron chi connectivity index (χ4n) is 11.0. The standard InChI is InChI=1S/C32H48O4/c1-19-11-13-28(3)15-16-30(5)22(25(28)20(19)2)9-10-23-29(4)17-21(18-33)26(34)32(7,27(35)36-8)24(29)12-14-31(23,30)6/h9,18-20,23-25,33H,10-17H2,1-8H3/b21-18-/t19-,20+,23-,24-,25+,28-,29-,30-,31-,32-/m1/s1. The normalized spacial score (nSPS) is 53.4. The molecular formula is C32H48O4. The van der Waals surface area contributed by atoms with Gasteiger partial charge in [-0.2, -0.15) is 0 Å². The van der Waals surface area contributed by atoms with Crippen molar-refractivity contribution in [3.63, 3.8) is 0 Å². The van der Waals surface area contributed by atoms with Crippen LogP contribution in [0.1, 0.15) is 99.8 Å². The van der Waals surface area contributed by atoms with Gasteiger partial charge in [-0.1, -0.05) is 53.2 Å². The van der Waals surface area contributed by atoms with Crippen LogP contribution in [0.4, 0.5) is 0 Å². The number of carbonyl (C=O) groups excluding carboxylic acids is 2. The summed E-state index contributed by atoms with van der Waals surface area (Å²) in [5.74, 6) is 1.64. The lowest BCUT2D eigenvalue weighted by Crippen LogP contribution is -2.66. The number of Topliss-reactive ketones (excluding diaryl/α,β-unsaturated/α-hetero) is 1. The Balaban J connectivity index is 1.63. The Kier molecular flexibility index (Phi) is 5.76. The van der Waals surface area contributed by atoms with Gasteiger partial charge in [-0.3, -0.25) is 9.59 Å². The van der Waals surface area contributed by atoms with E-state index in [-0.39, 0.29) is 27.9 Å². The van der Waals surface area contributed by atoms with E-state index < -0.39 is 11.4 Å². The molecule has 5 aliphatic carbocycles. The number of fused-ring (bicyclic) bond motifs is 7. The van der Waals surface area contributed by atoms with Crippen LogP contribution >= 0.6 is 0 Å². The number of hydrogen-bond acceptors (Lipinski definition) is 4. The third kappa shape index (κ3) is 2.94. The van der Waals surface area contributed by atoms with Gasteiger partial charge < -0.3 is 9.84 Å². The molecule has 4 saturated carbocycles.